The Bertz CT molecular complexity index is 537. The van der Waals surface area contributed by atoms with E-state index in [9.17, 15) is 4.79 Å². The number of benzene rings is 1. The summed E-state index contributed by atoms with van der Waals surface area (Å²) in [5, 5.41) is 6.69. The number of amides is 1. The van der Waals surface area contributed by atoms with E-state index >= 15 is 0 Å². The van der Waals surface area contributed by atoms with E-state index in [-0.39, 0.29) is 11.9 Å². The maximum absolute atomic E-state index is 12.6. The molecule has 2 atom stereocenters. The smallest absolute Gasteiger partial charge is 0.237 e. The summed E-state index contributed by atoms with van der Waals surface area (Å²) < 4.78 is 0. The molecule has 0 saturated carbocycles. The van der Waals surface area contributed by atoms with E-state index in [4.69, 9.17) is 0 Å². The molecule has 2 unspecified atom stereocenters. The van der Waals surface area contributed by atoms with Gasteiger partial charge in [0.2, 0.25) is 5.91 Å². The Kier molecular flexibility index (Phi) is 3.43. The van der Waals surface area contributed by atoms with Crippen LogP contribution in [-0.2, 0) is 17.8 Å². The monoisotopic (exact) mass is 285 g/mol. The number of carbonyl (C=O) groups excluding carboxylic acids is 1. The third-order valence-corrected chi connectivity index (χ3v) is 5.38. The van der Waals surface area contributed by atoms with Gasteiger partial charge in [0, 0.05) is 19.1 Å². The van der Waals surface area contributed by atoms with Crippen molar-refractivity contribution in [2.24, 2.45) is 5.92 Å². The van der Waals surface area contributed by atoms with Crippen LogP contribution in [0.1, 0.15) is 24.0 Å². The Morgan fingerprint density at radius 1 is 1.19 bits per heavy atom. The van der Waals surface area contributed by atoms with Crippen molar-refractivity contribution in [2.45, 2.75) is 37.9 Å². The molecule has 4 nitrogen and oxygen atoms in total. The molecule has 21 heavy (non-hydrogen) atoms. The van der Waals surface area contributed by atoms with E-state index in [0.717, 1.165) is 19.5 Å². The molecule has 4 heterocycles. The van der Waals surface area contributed by atoms with Gasteiger partial charge in [0.15, 0.2) is 0 Å². The Balaban J connectivity index is 1.40. The van der Waals surface area contributed by atoms with E-state index in [2.05, 4.69) is 39.8 Å². The van der Waals surface area contributed by atoms with Crippen molar-refractivity contribution in [1.29, 1.82) is 0 Å². The molecule has 1 aromatic rings. The van der Waals surface area contributed by atoms with Gasteiger partial charge < -0.3 is 15.5 Å². The molecule has 1 amide bonds. The third-order valence-electron chi connectivity index (χ3n) is 5.38. The van der Waals surface area contributed by atoms with Gasteiger partial charge in [-0.15, -0.1) is 0 Å². The number of hydrogen-bond donors (Lipinski definition) is 2. The van der Waals surface area contributed by atoms with Gasteiger partial charge in [-0.1, -0.05) is 24.3 Å². The van der Waals surface area contributed by atoms with Gasteiger partial charge in [-0.25, -0.2) is 0 Å². The number of hydrogen-bond acceptors (Lipinski definition) is 3. The first kappa shape index (κ1) is 13.3. The zero-order valence-corrected chi connectivity index (χ0v) is 12.3. The molecule has 4 aliphatic heterocycles. The van der Waals surface area contributed by atoms with Crippen molar-refractivity contribution in [3.8, 4) is 0 Å². The van der Waals surface area contributed by atoms with Crippen LogP contribution in [0, 0.1) is 5.92 Å². The second-order valence-corrected chi connectivity index (χ2v) is 6.66. The fraction of sp³-hybridized carbons (Fsp3) is 0.588. The minimum absolute atomic E-state index is 0.0737. The Morgan fingerprint density at radius 2 is 1.95 bits per heavy atom. The number of nitrogens with one attached hydrogen (secondary N) is 2. The molecule has 112 valence electrons. The predicted octanol–water partition coefficient (Wildman–Crippen LogP) is 0.911. The van der Waals surface area contributed by atoms with Crippen LogP contribution in [0.15, 0.2) is 24.3 Å². The van der Waals surface area contributed by atoms with Crippen LogP contribution in [0.2, 0.25) is 0 Å². The normalized spacial score (nSPS) is 34.3. The summed E-state index contributed by atoms with van der Waals surface area (Å²) in [5.41, 5.74) is 2.63. The number of fused-ring (bicyclic) bond motifs is 4. The standard InChI is InChI=1S/C17H23N3O/c21-17(19-16-11-20-7-5-12(16)6-8-20)15-9-13-3-1-2-4-14(13)10-18-15/h1-4,12,15-16,18H,5-11H2,(H,19,21). The molecule has 0 aromatic heterocycles. The molecule has 2 N–H and O–H groups in total. The lowest BCUT2D eigenvalue weighted by molar-refractivity contribution is -0.125. The number of rotatable bonds is 2. The van der Waals surface area contributed by atoms with E-state index in [0.29, 0.717) is 12.0 Å². The molecule has 0 spiro atoms. The second kappa shape index (κ2) is 5.43. The van der Waals surface area contributed by atoms with Crippen LogP contribution < -0.4 is 10.6 Å². The maximum Gasteiger partial charge on any atom is 0.237 e. The van der Waals surface area contributed by atoms with Crippen LogP contribution in [0.25, 0.3) is 0 Å². The van der Waals surface area contributed by atoms with Gasteiger partial charge in [-0.2, -0.15) is 0 Å². The largest absolute Gasteiger partial charge is 0.350 e. The highest BCUT2D eigenvalue weighted by atomic mass is 16.2. The molecule has 5 rings (SSSR count). The van der Waals surface area contributed by atoms with Crippen molar-refractivity contribution < 1.29 is 4.79 Å². The summed E-state index contributed by atoms with van der Waals surface area (Å²) in [6.07, 6.45) is 3.29. The van der Waals surface area contributed by atoms with Crippen LogP contribution in [0.3, 0.4) is 0 Å². The topological polar surface area (TPSA) is 44.4 Å². The molecule has 0 radical (unpaired) electrons. The molecule has 3 saturated heterocycles. The summed E-state index contributed by atoms with van der Waals surface area (Å²) in [4.78, 5) is 15.0. The van der Waals surface area contributed by atoms with Crippen molar-refractivity contribution >= 4 is 5.91 Å². The molecule has 4 heteroatoms. The average Bonchev–Trinajstić information content (AvgIpc) is 2.55. The molecule has 4 aliphatic rings. The summed E-state index contributed by atoms with van der Waals surface area (Å²) in [7, 11) is 0. The fourth-order valence-corrected chi connectivity index (χ4v) is 4.05. The highest BCUT2D eigenvalue weighted by Crippen LogP contribution is 2.27. The van der Waals surface area contributed by atoms with Gasteiger partial charge in [-0.3, -0.25) is 4.79 Å². The number of carbonyl (C=O) groups is 1. The molecule has 1 aromatic carbocycles. The molecule has 0 aliphatic carbocycles. The molecule has 3 fully saturated rings. The summed E-state index contributed by atoms with van der Waals surface area (Å²) >= 11 is 0. The second-order valence-electron chi connectivity index (χ2n) is 6.66. The van der Waals surface area contributed by atoms with Gasteiger partial charge in [0.25, 0.3) is 0 Å². The maximum atomic E-state index is 12.6. The van der Waals surface area contributed by atoms with Gasteiger partial charge in [0.1, 0.15) is 0 Å². The van der Waals surface area contributed by atoms with Crippen LogP contribution >= 0.6 is 0 Å². The summed E-state index contributed by atoms with van der Waals surface area (Å²) in [6.45, 7) is 4.27. The zero-order valence-electron chi connectivity index (χ0n) is 12.3. The highest BCUT2D eigenvalue weighted by molar-refractivity contribution is 5.82. The van der Waals surface area contributed by atoms with E-state index in [1.54, 1.807) is 0 Å². The van der Waals surface area contributed by atoms with E-state index in [1.807, 2.05) is 0 Å². The first-order valence-electron chi connectivity index (χ1n) is 8.12. The van der Waals surface area contributed by atoms with Crippen LogP contribution in [-0.4, -0.2) is 42.5 Å². The Labute approximate surface area is 125 Å². The Hall–Kier alpha value is -1.39. The minimum atomic E-state index is -0.0737. The lowest BCUT2D eigenvalue weighted by Gasteiger charge is -2.45. The highest BCUT2D eigenvalue weighted by Gasteiger charge is 2.36. The quantitative estimate of drug-likeness (QED) is 0.849. The van der Waals surface area contributed by atoms with Crippen molar-refractivity contribution in [3.63, 3.8) is 0 Å². The summed E-state index contributed by atoms with van der Waals surface area (Å²) in [5.74, 6) is 0.873. The SMILES string of the molecule is O=C(NC1CN2CCC1CC2)C1Cc2ccccc2CN1. The molecule has 2 bridgehead atoms. The van der Waals surface area contributed by atoms with Gasteiger partial charge in [0.05, 0.1) is 6.04 Å². The van der Waals surface area contributed by atoms with Crippen LogP contribution in [0.4, 0.5) is 0 Å². The van der Waals surface area contributed by atoms with Gasteiger partial charge >= 0.3 is 0 Å². The lowest BCUT2D eigenvalue weighted by Crippen LogP contribution is -2.60. The Morgan fingerprint density at radius 3 is 2.67 bits per heavy atom. The molecular weight excluding hydrogens is 262 g/mol. The predicted molar refractivity (Wildman–Crippen MR) is 81.9 cm³/mol. The first-order valence-corrected chi connectivity index (χ1v) is 8.12. The van der Waals surface area contributed by atoms with Crippen molar-refractivity contribution in [1.82, 2.24) is 15.5 Å². The first-order chi connectivity index (χ1) is 10.3. The molecular formula is C17H23N3O. The van der Waals surface area contributed by atoms with Crippen molar-refractivity contribution in [2.75, 3.05) is 19.6 Å². The van der Waals surface area contributed by atoms with E-state index in [1.165, 1.54) is 37.1 Å². The summed E-state index contributed by atoms with van der Waals surface area (Å²) in [6, 6.07) is 8.70. The van der Waals surface area contributed by atoms with Crippen molar-refractivity contribution in [3.05, 3.63) is 35.4 Å². The zero-order chi connectivity index (χ0) is 14.2. The number of piperidine rings is 3. The fourth-order valence-electron chi connectivity index (χ4n) is 4.05. The van der Waals surface area contributed by atoms with E-state index < -0.39 is 0 Å². The average molecular weight is 285 g/mol. The van der Waals surface area contributed by atoms with Crippen LogP contribution in [0.5, 0.6) is 0 Å². The number of nitrogens with zero attached hydrogens (tertiary/aromatic N) is 1. The minimum Gasteiger partial charge on any atom is -0.350 e. The van der Waals surface area contributed by atoms with Gasteiger partial charge in [-0.05, 0) is 49.4 Å². The lowest BCUT2D eigenvalue weighted by atomic mass is 9.83. The third kappa shape index (κ3) is 2.58.